The summed E-state index contributed by atoms with van der Waals surface area (Å²) in [5.74, 6) is -0.0392. The van der Waals surface area contributed by atoms with Crippen LogP contribution in [0.25, 0.3) is 22.2 Å². The molecule has 2 aliphatic heterocycles. The first-order valence-electron chi connectivity index (χ1n) is 12.5. The lowest BCUT2D eigenvalue weighted by Gasteiger charge is -2.30. The maximum absolute atomic E-state index is 13.1. The minimum Gasteiger partial charge on any atom is -0.444 e. The van der Waals surface area contributed by atoms with Gasteiger partial charge in [0.1, 0.15) is 17.9 Å². The van der Waals surface area contributed by atoms with Crippen LogP contribution in [0.1, 0.15) is 61.9 Å². The molecular formula is C28H34N4O4. The Hall–Kier alpha value is -3.39. The molecule has 0 bridgehead atoms. The molecule has 4 heterocycles. The second-order valence-electron chi connectivity index (χ2n) is 10.8. The fourth-order valence-electron chi connectivity index (χ4n) is 5.32. The monoisotopic (exact) mass is 490 g/mol. The zero-order valence-corrected chi connectivity index (χ0v) is 21.7. The highest BCUT2D eigenvalue weighted by Gasteiger charge is 2.37. The minimum atomic E-state index is -0.563. The quantitative estimate of drug-likeness (QED) is 0.550. The highest BCUT2D eigenvalue weighted by Crippen LogP contribution is 2.41. The Kier molecular flexibility index (Phi) is 6.24. The molecule has 2 amide bonds. The van der Waals surface area contributed by atoms with E-state index in [1.54, 1.807) is 0 Å². The van der Waals surface area contributed by atoms with E-state index in [1.165, 1.54) is 7.11 Å². The zero-order valence-electron chi connectivity index (χ0n) is 21.7. The number of hydrogen-bond donors (Lipinski definition) is 1. The predicted molar refractivity (Wildman–Crippen MR) is 137 cm³/mol. The summed E-state index contributed by atoms with van der Waals surface area (Å²) in [6.45, 7) is 9.47. The number of ether oxygens (including phenoxy) is 2. The number of amides is 2. The van der Waals surface area contributed by atoms with E-state index in [0.717, 1.165) is 57.3 Å². The van der Waals surface area contributed by atoms with Gasteiger partial charge in [-0.2, -0.15) is 0 Å². The number of carbonyl (C=O) groups excluding carboxylic acids is 2. The van der Waals surface area contributed by atoms with Crippen LogP contribution in [0.3, 0.4) is 0 Å². The Morgan fingerprint density at radius 2 is 1.97 bits per heavy atom. The van der Waals surface area contributed by atoms with Crippen molar-refractivity contribution < 1.29 is 19.1 Å². The molecule has 3 aromatic rings. The standard InChI is InChI=1S/C28H34N4O4/c1-17-12-29-26-21(17)11-19(13-30-26)18-9-20-14-31(25(33)16-35-5)15-23(20)22(10-18)24-7-6-8-32(24)27(34)36-28(2,3)4/h9-13,24H,6-8,14-16H2,1-5H3,(H,29,30)/t24-/m0/s1. The van der Waals surface area contributed by atoms with Crippen molar-refractivity contribution in [3.63, 3.8) is 0 Å². The smallest absolute Gasteiger partial charge is 0.410 e. The lowest BCUT2D eigenvalue weighted by atomic mass is 9.91. The highest BCUT2D eigenvalue weighted by molar-refractivity contribution is 5.85. The van der Waals surface area contributed by atoms with E-state index >= 15 is 0 Å². The summed E-state index contributed by atoms with van der Waals surface area (Å²) in [7, 11) is 1.54. The summed E-state index contributed by atoms with van der Waals surface area (Å²) in [6, 6.07) is 6.40. The Labute approximate surface area is 211 Å². The number of aryl methyl sites for hydroxylation is 1. The Balaban J connectivity index is 1.58. The van der Waals surface area contributed by atoms with Crippen molar-refractivity contribution in [2.75, 3.05) is 20.3 Å². The van der Waals surface area contributed by atoms with Crippen LogP contribution in [0, 0.1) is 6.92 Å². The van der Waals surface area contributed by atoms with Crippen LogP contribution in [0.4, 0.5) is 4.79 Å². The van der Waals surface area contributed by atoms with E-state index in [-0.39, 0.29) is 24.6 Å². The van der Waals surface area contributed by atoms with Crippen LogP contribution >= 0.6 is 0 Å². The van der Waals surface area contributed by atoms with Gasteiger partial charge in [0, 0.05) is 50.1 Å². The van der Waals surface area contributed by atoms with Crippen LogP contribution < -0.4 is 0 Å². The summed E-state index contributed by atoms with van der Waals surface area (Å²) in [4.78, 5) is 37.3. The van der Waals surface area contributed by atoms with Gasteiger partial charge in [0.2, 0.25) is 5.91 Å². The maximum Gasteiger partial charge on any atom is 0.410 e. The number of pyridine rings is 1. The number of likely N-dealkylation sites (tertiary alicyclic amines) is 1. The molecule has 1 N–H and O–H groups in total. The van der Waals surface area contributed by atoms with Gasteiger partial charge in [0.05, 0.1) is 6.04 Å². The predicted octanol–water partition coefficient (Wildman–Crippen LogP) is 5.10. The van der Waals surface area contributed by atoms with Crippen molar-refractivity contribution in [1.82, 2.24) is 19.8 Å². The fourth-order valence-corrected chi connectivity index (χ4v) is 5.32. The van der Waals surface area contributed by atoms with Gasteiger partial charge < -0.3 is 24.3 Å². The van der Waals surface area contributed by atoms with Gasteiger partial charge in [-0.3, -0.25) is 4.79 Å². The zero-order chi connectivity index (χ0) is 25.6. The molecule has 36 heavy (non-hydrogen) atoms. The number of aromatic nitrogens is 2. The number of nitrogens with one attached hydrogen (secondary N) is 1. The van der Waals surface area contributed by atoms with Gasteiger partial charge in [-0.25, -0.2) is 9.78 Å². The number of carbonyl (C=O) groups is 2. The second-order valence-corrected chi connectivity index (χ2v) is 10.8. The molecule has 2 aliphatic rings. The molecule has 0 radical (unpaired) electrons. The van der Waals surface area contributed by atoms with Gasteiger partial charge in [-0.05, 0) is 86.6 Å². The number of rotatable bonds is 4. The third-order valence-electron chi connectivity index (χ3n) is 7.02. The first-order valence-corrected chi connectivity index (χ1v) is 12.5. The lowest BCUT2D eigenvalue weighted by Crippen LogP contribution is -2.36. The van der Waals surface area contributed by atoms with Crippen LogP contribution in [-0.4, -0.2) is 57.6 Å². The lowest BCUT2D eigenvalue weighted by molar-refractivity contribution is -0.135. The van der Waals surface area contributed by atoms with Gasteiger partial charge in [0.25, 0.3) is 0 Å². The van der Waals surface area contributed by atoms with Crippen molar-refractivity contribution in [1.29, 1.82) is 0 Å². The fraction of sp³-hybridized carbons (Fsp3) is 0.464. The van der Waals surface area contributed by atoms with Gasteiger partial charge in [-0.1, -0.05) is 0 Å². The van der Waals surface area contributed by atoms with Crippen LogP contribution in [-0.2, 0) is 27.4 Å². The number of methoxy groups -OCH3 is 1. The molecule has 1 fully saturated rings. The van der Waals surface area contributed by atoms with E-state index in [0.29, 0.717) is 19.6 Å². The summed E-state index contributed by atoms with van der Waals surface area (Å²) >= 11 is 0. The number of benzene rings is 1. The third kappa shape index (κ3) is 4.57. The molecule has 0 saturated carbocycles. The van der Waals surface area contributed by atoms with Crippen LogP contribution in [0.5, 0.6) is 0 Å². The summed E-state index contributed by atoms with van der Waals surface area (Å²) < 4.78 is 10.8. The van der Waals surface area contributed by atoms with Crippen molar-refractivity contribution in [2.24, 2.45) is 0 Å². The maximum atomic E-state index is 13.1. The number of fused-ring (bicyclic) bond motifs is 2. The molecule has 1 saturated heterocycles. The topological polar surface area (TPSA) is 87.8 Å². The molecule has 2 aromatic heterocycles. The number of nitrogens with zero attached hydrogens (tertiary/aromatic N) is 3. The van der Waals surface area contributed by atoms with Crippen molar-refractivity contribution in [3.8, 4) is 11.1 Å². The normalized spacial score (nSPS) is 17.6. The molecule has 1 atom stereocenters. The van der Waals surface area contributed by atoms with Crippen LogP contribution in [0.2, 0.25) is 0 Å². The van der Waals surface area contributed by atoms with E-state index < -0.39 is 5.60 Å². The first-order chi connectivity index (χ1) is 17.1. The molecule has 0 aliphatic carbocycles. The van der Waals surface area contributed by atoms with E-state index in [4.69, 9.17) is 9.47 Å². The van der Waals surface area contributed by atoms with Crippen molar-refractivity contribution in [2.45, 2.75) is 65.3 Å². The average Bonchev–Trinajstić information content (AvgIpc) is 3.55. The molecular weight excluding hydrogens is 456 g/mol. The molecule has 0 unspecified atom stereocenters. The van der Waals surface area contributed by atoms with E-state index in [2.05, 4.69) is 35.1 Å². The third-order valence-corrected chi connectivity index (χ3v) is 7.02. The molecule has 1 aromatic carbocycles. The highest BCUT2D eigenvalue weighted by atomic mass is 16.6. The Morgan fingerprint density at radius 3 is 2.72 bits per heavy atom. The van der Waals surface area contributed by atoms with Crippen LogP contribution in [0.15, 0.2) is 30.6 Å². The largest absolute Gasteiger partial charge is 0.444 e. The summed E-state index contributed by atoms with van der Waals surface area (Å²) in [6.07, 6.45) is 5.32. The van der Waals surface area contributed by atoms with Crippen molar-refractivity contribution in [3.05, 3.63) is 52.8 Å². The number of aromatic amines is 1. The van der Waals surface area contributed by atoms with Gasteiger partial charge in [0.15, 0.2) is 0 Å². The van der Waals surface area contributed by atoms with Gasteiger partial charge in [-0.15, -0.1) is 0 Å². The molecule has 0 spiro atoms. The summed E-state index contributed by atoms with van der Waals surface area (Å²) in [5.41, 5.74) is 6.81. The van der Waals surface area contributed by atoms with Crippen molar-refractivity contribution >= 4 is 23.0 Å². The Bertz CT molecular complexity index is 1320. The SMILES string of the molecule is COCC(=O)N1Cc2cc(-c3cnc4[nH]cc(C)c4c3)cc([C@@H]3CCCN3C(=O)OC(C)(C)C)c2C1. The molecule has 190 valence electrons. The van der Waals surface area contributed by atoms with Gasteiger partial charge >= 0.3 is 6.09 Å². The molecule has 8 heteroatoms. The number of hydrogen-bond acceptors (Lipinski definition) is 5. The Morgan fingerprint density at radius 1 is 1.17 bits per heavy atom. The average molecular weight is 491 g/mol. The number of H-pyrrole nitrogens is 1. The second kappa shape index (κ2) is 9.24. The first kappa shape index (κ1) is 24.3. The molecule has 5 rings (SSSR count). The minimum absolute atomic E-state index is 0.0392. The summed E-state index contributed by atoms with van der Waals surface area (Å²) in [5, 5.41) is 1.09. The van der Waals surface area contributed by atoms with E-state index in [9.17, 15) is 9.59 Å². The van der Waals surface area contributed by atoms with E-state index in [1.807, 2.05) is 43.0 Å². The molecule has 8 nitrogen and oxygen atoms in total.